The highest BCUT2D eigenvalue weighted by molar-refractivity contribution is 9.10. The number of hydrazine groups is 1. The van der Waals surface area contributed by atoms with Crippen molar-refractivity contribution in [2.24, 2.45) is 5.84 Å². The molecule has 0 aliphatic heterocycles. The summed E-state index contributed by atoms with van der Waals surface area (Å²) in [7, 11) is 0. The fourth-order valence-electron chi connectivity index (χ4n) is 2.70. The predicted molar refractivity (Wildman–Crippen MR) is 94.5 cm³/mol. The minimum absolute atomic E-state index is 0.121. The first-order valence-corrected chi connectivity index (χ1v) is 8.53. The maximum atomic E-state index is 5.81. The third-order valence-corrected chi connectivity index (χ3v) is 5.30. The molecule has 0 spiro atoms. The first-order valence-electron chi connectivity index (χ1n) is 6.86. The van der Waals surface area contributed by atoms with E-state index in [-0.39, 0.29) is 6.04 Å². The number of hydrogen-bond donors (Lipinski definition) is 2. The van der Waals surface area contributed by atoms with E-state index in [9.17, 15) is 0 Å². The van der Waals surface area contributed by atoms with E-state index >= 15 is 0 Å². The van der Waals surface area contributed by atoms with Crippen molar-refractivity contribution >= 4 is 37.4 Å². The Labute approximate surface area is 137 Å². The Morgan fingerprint density at radius 1 is 1.24 bits per heavy atom. The molecule has 1 atom stereocenters. The Bertz CT molecular complexity index is 766. The first kappa shape index (κ1) is 14.7. The van der Waals surface area contributed by atoms with Gasteiger partial charge in [-0.15, -0.1) is 11.3 Å². The molecule has 0 amide bonds. The third kappa shape index (κ3) is 3.04. The quantitative estimate of drug-likeness (QED) is 0.521. The molecule has 4 heteroatoms. The van der Waals surface area contributed by atoms with Gasteiger partial charge in [-0.25, -0.2) is 0 Å². The minimum atomic E-state index is 0.121. The van der Waals surface area contributed by atoms with Gasteiger partial charge in [0.1, 0.15) is 0 Å². The van der Waals surface area contributed by atoms with Crippen LogP contribution < -0.4 is 11.3 Å². The lowest BCUT2D eigenvalue weighted by molar-refractivity contribution is 0.551. The Morgan fingerprint density at radius 2 is 2.05 bits per heavy atom. The molecule has 1 heterocycles. The molecule has 3 rings (SSSR count). The monoisotopic (exact) mass is 360 g/mol. The summed E-state index contributed by atoms with van der Waals surface area (Å²) in [5.41, 5.74) is 6.81. The van der Waals surface area contributed by atoms with Crippen LogP contribution in [0.3, 0.4) is 0 Å². The number of halogens is 1. The first-order chi connectivity index (χ1) is 10.2. The number of rotatable bonds is 4. The molecule has 2 aromatic carbocycles. The predicted octanol–water partition coefficient (Wildman–Crippen LogP) is 4.72. The molecule has 108 valence electrons. The second kappa shape index (κ2) is 6.28. The van der Waals surface area contributed by atoms with Gasteiger partial charge in [0.2, 0.25) is 0 Å². The Hall–Kier alpha value is -1.20. The van der Waals surface area contributed by atoms with Gasteiger partial charge in [0, 0.05) is 9.17 Å². The van der Waals surface area contributed by atoms with Gasteiger partial charge in [-0.2, -0.15) is 0 Å². The molecule has 0 saturated heterocycles. The molecule has 1 unspecified atom stereocenters. The highest BCUT2D eigenvalue weighted by atomic mass is 79.9. The van der Waals surface area contributed by atoms with Crippen molar-refractivity contribution in [3.63, 3.8) is 0 Å². The third-order valence-electron chi connectivity index (χ3n) is 3.79. The summed E-state index contributed by atoms with van der Waals surface area (Å²) in [4.78, 5) is 0. The summed E-state index contributed by atoms with van der Waals surface area (Å²) in [5, 5.41) is 3.57. The fourth-order valence-corrected chi connectivity index (χ4v) is 4.15. The Kier molecular flexibility index (Phi) is 4.40. The van der Waals surface area contributed by atoms with E-state index in [0.29, 0.717) is 0 Å². The molecule has 2 nitrogen and oxygen atoms in total. The van der Waals surface area contributed by atoms with E-state index in [1.165, 1.54) is 26.8 Å². The molecule has 1 aromatic heterocycles. The normalized spacial score (nSPS) is 12.7. The van der Waals surface area contributed by atoms with Crippen molar-refractivity contribution in [2.45, 2.75) is 19.4 Å². The fraction of sp³-hybridized carbons (Fsp3) is 0.176. The smallest absolute Gasteiger partial charge is 0.0503 e. The molecular weight excluding hydrogens is 344 g/mol. The lowest BCUT2D eigenvalue weighted by atomic mass is 9.96. The molecule has 0 fully saturated rings. The highest BCUT2D eigenvalue weighted by Crippen LogP contribution is 2.30. The van der Waals surface area contributed by atoms with Crippen molar-refractivity contribution in [1.29, 1.82) is 0 Å². The van der Waals surface area contributed by atoms with Gasteiger partial charge in [-0.1, -0.05) is 40.2 Å². The second-order valence-electron chi connectivity index (χ2n) is 5.18. The number of aryl methyl sites for hydroxylation is 1. The molecule has 0 saturated carbocycles. The van der Waals surface area contributed by atoms with E-state index in [1.54, 1.807) is 11.3 Å². The zero-order valence-corrected chi connectivity index (χ0v) is 14.2. The van der Waals surface area contributed by atoms with Crippen LogP contribution in [-0.4, -0.2) is 0 Å². The number of thiophene rings is 1. The van der Waals surface area contributed by atoms with E-state index in [4.69, 9.17) is 5.84 Å². The van der Waals surface area contributed by atoms with Crippen molar-refractivity contribution in [1.82, 2.24) is 5.43 Å². The largest absolute Gasteiger partial charge is 0.271 e. The summed E-state index contributed by atoms with van der Waals surface area (Å²) in [6.45, 7) is 2.12. The van der Waals surface area contributed by atoms with Gasteiger partial charge in [0.25, 0.3) is 0 Å². The van der Waals surface area contributed by atoms with Crippen LogP contribution >= 0.6 is 27.3 Å². The van der Waals surface area contributed by atoms with E-state index in [2.05, 4.69) is 76.1 Å². The summed E-state index contributed by atoms with van der Waals surface area (Å²) in [5.74, 6) is 5.81. The van der Waals surface area contributed by atoms with Crippen molar-refractivity contribution < 1.29 is 0 Å². The maximum Gasteiger partial charge on any atom is 0.0503 e. The Morgan fingerprint density at radius 3 is 2.81 bits per heavy atom. The summed E-state index contributed by atoms with van der Waals surface area (Å²) >= 11 is 5.30. The van der Waals surface area contributed by atoms with Crippen molar-refractivity contribution in [3.05, 3.63) is 69.0 Å². The molecule has 3 N–H and O–H groups in total. The number of benzene rings is 2. The maximum absolute atomic E-state index is 5.81. The van der Waals surface area contributed by atoms with Crippen molar-refractivity contribution in [3.8, 4) is 0 Å². The number of fused-ring (bicyclic) bond motifs is 1. The summed E-state index contributed by atoms with van der Waals surface area (Å²) in [6.07, 6.45) is 0.892. The van der Waals surface area contributed by atoms with Crippen LogP contribution in [0.25, 0.3) is 10.1 Å². The average Bonchev–Trinajstić information content (AvgIpc) is 2.89. The molecular formula is C17H17BrN2S. The van der Waals surface area contributed by atoms with Crippen LogP contribution in [0.15, 0.2) is 52.3 Å². The summed E-state index contributed by atoms with van der Waals surface area (Å²) in [6, 6.07) is 15.0. The molecule has 0 bridgehead atoms. The van der Waals surface area contributed by atoms with Gasteiger partial charge >= 0.3 is 0 Å². The molecule has 21 heavy (non-hydrogen) atoms. The SMILES string of the molecule is Cc1cc(Br)ccc1C(Cc1csc2ccccc12)NN. The van der Waals surface area contributed by atoms with Gasteiger partial charge < -0.3 is 0 Å². The zero-order valence-electron chi connectivity index (χ0n) is 11.8. The van der Waals surface area contributed by atoms with E-state index in [1.807, 2.05) is 0 Å². The average molecular weight is 361 g/mol. The summed E-state index contributed by atoms with van der Waals surface area (Å²) < 4.78 is 2.43. The van der Waals surface area contributed by atoms with Crippen LogP contribution in [0.4, 0.5) is 0 Å². The topological polar surface area (TPSA) is 38.0 Å². The molecule has 0 radical (unpaired) electrons. The number of nitrogens with two attached hydrogens (primary N) is 1. The molecule has 3 aromatic rings. The number of hydrogen-bond acceptors (Lipinski definition) is 3. The second-order valence-corrected chi connectivity index (χ2v) is 7.01. The van der Waals surface area contributed by atoms with Crippen molar-refractivity contribution in [2.75, 3.05) is 0 Å². The highest BCUT2D eigenvalue weighted by Gasteiger charge is 2.15. The van der Waals surface area contributed by atoms with Crippen LogP contribution in [0.2, 0.25) is 0 Å². The van der Waals surface area contributed by atoms with Gasteiger partial charge in [0.05, 0.1) is 6.04 Å². The van der Waals surface area contributed by atoms with E-state index in [0.717, 1.165) is 10.9 Å². The van der Waals surface area contributed by atoms with Gasteiger partial charge in [0.15, 0.2) is 0 Å². The van der Waals surface area contributed by atoms with Gasteiger partial charge in [-0.05, 0) is 59.0 Å². The number of nitrogens with one attached hydrogen (secondary N) is 1. The zero-order chi connectivity index (χ0) is 14.8. The standard InChI is InChI=1S/C17H17BrN2S/c1-11-8-13(18)6-7-14(11)16(20-19)9-12-10-21-17-5-3-2-4-15(12)17/h2-8,10,16,20H,9,19H2,1H3. The molecule has 0 aliphatic carbocycles. The van der Waals surface area contributed by atoms with Crippen LogP contribution in [0.1, 0.15) is 22.7 Å². The van der Waals surface area contributed by atoms with Gasteiger partial charge in [-0.3, -0.25) is 11.3 Å². The van der Waals surface area contributed by atoms with Crippen LogP contribution in [0.5, 0.6) is 0 Å². The minimum Gasteiger partial charge on any atom is -0.271 e. The van der Waals surface area contributed by atoms with E-state index < -0.39 is 0 Å². The lowest BCUT2D eigenvalue weighted by Crippen LogP contribution is -2.30. The van der Waals surface area contributed by atoms with Crippen LogP contribution in [-0.2, 0) is 6.42 Å². The molecule has 0 aliphatic rings. The Balaban J connectivity index is 1.94. The van der Waals surface area contributed by atoms with Crippen LogP contribution in [0, 0.1) is 6.92 Å². The lowest BCUT2D eigenvalue weighted by Gasteiger charge is -2.18.